The van der Waals surface area contributed by atoms with Gasteiger partial charge in [0.2, 0.25) is 0 Å². The monoisotopic (exact) mass is 542 g/mol. The molecule has 0 N–H and O–H groups in total. The Labute approximate surface area is 235 Å². The van der Waals surface area contributed by atoms with E-state index in [2.05, 4.69) is 53.4 Å². The number of rotatable bonds is 11. The maximum absolute atomic E-state index is 5.51. The summed E-state index contributed by atoms with van der Waals surface area (Å²) in [6.45, 7) is 1.33. The van der Waals surface area contributed by atoms with Crippen LogP contribution in [0.15, 0.2) is 102 Å². The Balaban J connectivity index is 1.74. The highest BCUT2D eigenvalue weighted by Gasteiger charge is 2.16. The summed E-state index contributed by atoms with van der Waals surface area (Å²) < 4.78 is 21.8. The minimum absolute atomic E-state index is 0.664. The third kappa shape index (κ3) is 8.19. The number of amidine groups is 1. The Bertz CT molecular complexity index is 1270. The fourth-order valence-electron chi connectivity index (χ4n) is 3.98. The molecule has 0 aliphatic rings. The molecule has 0 bridgehead atoms. The van der Waals surface area contributed by atoms with Gasteiger partial charge in [0.15, 0.2) is 5.17 Å². The van der Waals surface area contributed by atoms with Gasteiger partial charge in [-0.1, -0.05) is 66.4 Å². The van der Waals surface area contributed by atoms with Crippen LogP contribution < -0.4 is 18.9 Å². The number of hydrogen-bond donors (Lipinski definition) is 0. The van der Waals surface area contributed by atoms with Crippen molar-refractivity contribution in [1.82, 2.24) is 4.90 Å². The average Bonchev–Trinajstić information content (AvgIpc) is 3.00. The van der Waals surface area contributed by atoms with Crippen molar-refractivity contribution >= 4 is 22.6 Å². The second kappa shape index (κ2) is 14.2. The fraction of sp³-hybridized carbons (Fsp3) is 0.219. The number of ether oxygens (including phenoxy) is 4. The highest BCUT2D eigenvalue weighted by molar-refractivity contribution is 8.13. The van der Waals surface area contributed by atoms with Gasteiger partial charge in [-0.25, -0.2) is 4.99 Å². The molecule has 202 valence electrons. The van der Waals surface area contributed by atoms with Gasteiger partial charge in [-0.2, -0.15) is 0 Å². The van der Waals surface area contributed by atoms with Crippen molar-refractivity contribution in [3.8, 4) is 23.0 Å². The molecule has 0 aliphatic heterocycles. The van der Waals surface area contributed by atoms with Crippen molar-refractivity contribution in [2.45, 2.75) is 18.8 Å². The fourth-order valence-corrected chi connectivity index (χ4v) is 4.95. The molecule has 0 fully saturated rings. The molecule has 0 unspecified atom stereocenters. The summed E-state index contributed by atoms with van der Waals surface area (Å²) in [5.74, 6) is 3.82. The van der Waals surface area contributed by atoms with Crippen LogP contribution in [-0.2, 0) is 18.8 Å². The minimum Gasteiger partial charge on any atom is -0.497 e. The summed E-state index contributed by atoms with van der Waals surface area (Å²) in [5.41, 5.74) is 4.30. The van der Waals surface area contributed by atoms with Crippen LogP contribution in [0.1, 0.15) is 16.7 Å². The van der Waals surface area contributed by atoms with Gasteiger partial charge in [0.1, 0.15) is 23.0 Å². The number of aliphatic imine (C=N–C) groups is 1. The molecule has 0 radical (unpaired) electrons. The third-order valence-corrected chi connectivity index (χ3v) is 7.19. The summed E-state index contributed by atoms with van der Waals surface area (Å²) in [6, 6.07) is 32.4. The van der Waals surface area contributed by atoms with E-state index in [-0.39, 0.29) is 0 Å². The van der Waals surface area contributed by atoms with Gasteiger partial charge in [0.25, 0.3) is 0 Å². The predicted octanol–water partition coefficient (Wildman–Crippen LogP) is 7.34. The third-order valence-electron chi connectivity index (χ3n) is 6.11. The van der Waals surface area contributed by atoms with Crippen LogP contribution in [0.3, 0.4) is 0 Å². The van der Waals surface area contributed by atoms with E-state index >= 15 is 0 Å². The lowest BCUT2D eigenvalue weighted by molar-refractivity contribution is 0.394. The van der Waals surface area contributed by atoms with E-state index in [1.165, 1.54) is 5.56 Å². The molecule has 39 heavy (non-hydrogen) atoms. The standard InChI is InChI=1S/C32H34N2O4S/c1-35-28-14-10-24(11-15-28)21-34(22-25-12-16-29(36-2)17-13-25)32(39-23-26-8-6-5-7-9-26)33-27-18-30(37-3)20-31(19-27)38-4/h5-20H,21-23H2,1-4H3. The van der Waals surface area contributed by atoms with E-state index in [0.29, 0.717) is 24.6 Å². The van der Waals surface area contributed by atoms with Crippen molar-refractivity contribution in [2.24, 2.45) is 4.99 Å². The Morgan fingerprint density at radius 3 is 1.54 bits per heavy atom. The second-order valence-electron chi connectivity index (χ2n) is 8.79. The van der Waals surface area contributed by atoms with Crippen molar-refractivity contribution in [1.29, 1.82) is 0 Å². The van der Waals surface area contributed by atoms with Crippen LogP contribution >= 0.6 is 11.8 Å². The first-order valence-electron chi connectivity index (χ1n) is 12.6. The van der Waals surface area contributed by atoms with Crippen LogP contribution in [0.25, 0.3) is 0 Å². The van der Waals surface area contributed by atoms with Gasteiger partial charge in [0.05, 0.1) is 34.1 Å². The average molecular weight is 543 g/mol. The van der Waals surface area contributed by atoms with Gasteiger partial charge in [-0.15, -0.1) is 0 Å². The molecule has 0 heterocycles. The molecule has 4 aromatic rings. The Hall–Kier alpha value is -4.10. The highest BCUT2D eigenvalue weighted by Crippen LogP contribution is 2.31. The maximum atomic E-state index is 5.51. The number of benzene rings is 4. The lowest BCUT2D eigenvalue weighted by atomic mass is 10.1. The van der Waals surface area contributed by atoms with Gasteiger partial charge in [-0.05, 0) is 41.0 Å². The van der Waals surface area contributed by atoms with E-state index < -0.39 is 0 Å². The Morgan fingerprint density at radius 1 is 0.590 bits per heavy atom. The van der Waals surface area contributed by atoms with Gasteiger partial charge in [0, 0.05) is 37.0 Å². The largest absolute Gasteiger partial charge is 0.497 e. The molecule has 0 aliphatic carbocycles. The molecule has 0 saturated carbocycles. The number of nitrogens with zero attached hydrogens (tertiary/aromatic N) is 2. The van der Waals surface area contributed by atoms with Crippen molar-refractivity contribution in [3.05, 3.63) is 114 Å². The molecule has 6 nitrogen and oxygen atoms in total. The molecule has 0 atom stereocenters. The molecule has 4 aromatic carbocycles. The first-order valence-corrected chi connectivity index (χ1v) is 13.6. The lowest BCUT2D eigenvalue weighted by Crippen LogP contribution is -2.28. The van der Waals surface area contributed by atoms with Crippen LogP contribution in [0.5, 0.6) is 23.0 Å². The smallest absolute Gasteiger partial charge is 0.165 e. The van der Waals surface area contributed by atoms with Crippen LogP contribution in [0.2, 0.25) is 0 Å². The van der Waals surface area contributed by atoms with Gasteiger partial charge < -0.3 is 23.8 Å². The molecule has 0 amide bonds. The summed E-state index contributed by atoms with van der Waals surface area (Å²) in [6.07, 6.45) is 0. The zero-order valence-electron chi connectivity index (χ0n) is 22.8. The van der Waals surface area contributed by atoms with E-state index in [4.69, 9.17) is 23.9 Å². The molecule has 0 saturated heterocycles. The minimum atomic E-state index is 0.664. The number of methoxy groups -OCH3 is 4. The SMILES string of the molecule is COc1ccc(CN(Cc2ccc(OC)cc2)C(=Nc2cc(OC)cc(OC)c2)SCc2ccccc2)cc1. The highest BCUT2D eigenvalue weighted by atomic mass is 32.2. The Kier molecular flexibility index (Phi) is 10.1. The summed E-state index contributed by atoms with van der Waals surface area (Å²) in [4.78, 5) is 7.44. The normalized spacial score (nSPS) is 11.1. The maximum Gasteiger partial charge on any atom is 0.165 e. The summed E-state index contributed by atoms with van der Waals surface area (Å²) in [7, 11) is 6.65. The molecule has 0 spiro atoms. The molecule has 4 rings (SSSR count). The number of hydrogen-bond acceptors (Lipinski definition) is 6. The van der Waals surface area contributed by atoms with Crippen LogP contribution in [0.4, 0.5) is 5.69 Å². The van der Waals surface area contributed by atoms with Gasteiger partial charge in [-0.3, -0.25) is 0 Å². The molecular formula is C32H34N2O4S. The zero-order valence-corrected chi connectivity index (χ0v) is 23.6. The van der Waals surface area contributed by atoms with E-state index in [1.54, 1.807) is 40.2 Å². The molecule has 7 heteroatoms. The second-order valence-corrected chi connectivity index (χ2v) is 9.73. The van der Waals surface area contributed by atoms with Gasteiger partial charge >= 0.3 is 0 Å². The lowest BCUT2D eigenvalue weighted by Gasteiger charge is -2.26. The molecular weight excluding hydrogens is 508 g/mol. The predicted molar refractivity (Wildman–Crippen MR) is 160 cm³/mol. The first-order chi connectivity index (χ1) is 19.1. The summed E-state index contributed by atoms with van der Waals surface area (Å²) >= 11 is 1.70. The van der Waals surface area contributed by atoms with E-state index in [0.717, 1.165) is 39.2 Å². The van der Waals surface area contributed by atoms with Crippen molar-refractivity contribution in [3.63, 3.8) is 0 Å². The zero-order chi connectivity index (χ0) is 27.5. The molecule has 0 aromatic heterocycles. The van der Waals surface area contributed by atoms with Crippen LogP contribution in [0, 0.1) is 0 Å². The van der Waals surface area contributed by atoms with Crippen molar-refractivity contribution in [2.75, 3.05) is 28.4 Å². The topological polar surface area (TPSA) is 52.5 Å². The van der Waals surface area contributed by atoms with E-state index in [1.807, 2.05) is 48.5 Å². The van der Waals surface area contributed by atoms with E-state index in [9.17, 15) is 0 Å². The first kappa shape index (κ1) is 27.9. The van der Waals surface area contributed by atoms with Crippen molar-refractivity contribution < 1.29 is 18.9 Å². The number of thioether (sulfide) groups is 1. The Morgan fingerprint density at radius 2 is 1.08 bits per heavy atom. The summed E-state index contributed by atoms with van der Waals surface area (Å²) in [5, 5.41) is 0.890. The van der Waals surface area contributed by atoms with Crippen LogP contribution in [-0.4, -0.2) is 38.5 Å². The quantitative estimate of drug-likeness (QED) is 0.146.